The Morgan fingerprint density at radius 1 is 0.364 bits per heavy atom. The standard InChI is InChI=1S/2C27H29.Hf/c2*1-26(2,3)24-15-23(16-25(17-24)27(4,5)6)22-13-20-11-18-9-7-8-10-19(18)12-21(20)14-22;/h2*7-12,15-17H,13H2,1-6H3;/q2*-1;+4. The van der Waals surface area contributed by atoms with E-state index in [9.17, 15) is 0 Å². The second-order valence-electron chi connectivity index (χ2n) is 19.9. The second-order valence-corrected chi connectivity index (χ2v) is 19.9. The van der Waals surface area contributed by atoms with Crippen molar-refractivity contribution < 1.29 is 25.8 Å². The third-order valence-corrected chi connectivity index (χ3v) is 11.3. The predicted octanol–water partition coefficient (Wildman–Crippen LogP) is 14.4. The van der Waals surface area contributed by atoms with E-state index in [2.05, 4.69) is 204 Å². The monoisotopic (exact) mass is 886 g/mol. The molecule has 0 bridgehead atoms. The largest absolute Gasteiger partial charge is 4.00 e. The van der Waals surface area contributed by atoms with Crippen molar-refractivity contribution in [2.45, 2.75) is 118 Å². The molecule has 0 fully saturated rings. The molecule has 2 aliphatic rings. The first-order valence-corrected chi connectivity index (χ1v) is 19.8. The molecule has 6 aromatic rings. The van der Waals surface area contributed by atoms with Gasteiger partial charge < -0.3 is 0 Å². The molecule has 0 unspecified atom stereocenters. The van der Waals surface area contributed by atoms with E-state index in [1.54, 1.807) is 0 Å². The number of allylic oxidation sites excluding steroid dienone is 2. The van der Waals surface area contributed by atoms with Crippen LogP contribution in [0.15, 0.2) is 109 Å². The van der Waals surface area contributed by atoms with Crippen molar-refractivity contribution in [3.05, 3.63) is 177 Å². The van der Waals surface area contributed by atoms with Gasteiger partial charge in [0.05, 0.1) is 0 Å². The Kier molecular flexibility index (Phi) is 11.1. The first-order chi connectivity index (χ1) is 25.2. The Hall–Kier alpha value is -3.81. The van der Waals surface area contributed by atoms with Crippen molar-refractivity contribution >= 4 is 32.7 Å². The fraction of sp³-hybridized carbons (Fsp3) is 0.333. The van der Waals surface area contributed by atoms with Gasteiger partial charge in [-0.15, -0.1) is 57.7 Å². The molecule has 0 saturated carbocycles. The summed E-state index contributed by atoms with van der Waals surface area (Å²) in [4.78, 5) is 0. The van der Waals surface area contributed by atoms with Crippen LogP contribution in [-0.4, -0.2) is 0 Å². The van der Waals surface area contributed by atoms with Crippen molar-refractivity contribution in [1.82, 2.24) is 0 Å². The fourth-order valence-corrected chi connectivity index (χ4v) is 7.58. The Morgan fingerprint density at radius 2 is 0.636 bits per heavy atom. The maximum Gasteiger partial charge on any atom is 4.00 e. The van der Waals surface area contributed by atoms with Gasteiger partial charge in [0, 0.05) is 0 Å². The molecule has 0 saturated heterocycles. The molecule has 0 heterocycles. The zero-order valence-electron chi connectivity index (χ0n) is 35.3. The summed E-state index contributed by atoms with van der Waals surface area (Å²) in [6.45, 7) is 27.6. The van der Waals surface area contributed by atoms with Crippen molar-refractivity contribution in [2.24, 2.45) is 0 Å². The molecule has 0 aliphatic heterocycles. The molecule has 276 valence electrons. The van der Waals surface area contributed by atoms with E-state index >= 15 is 0 Å². The molecule has 2 aliphatic carbocycles. The van der Waals surface area contributed by atoms with Crippen molar-refractivity contribution in [1.29, 1.82) is 0 Å². The van der Waals surface area contributed by atoms with E-state index < -0.39 is 0 Å². The number of hydrogen-bond acceptors (Lipinski definition) is 0. The van der Waals surface area contributed by atoms with Gasteiger partial charge in [0.2, 0.25) is 0 Å². The van der Waals surface area contributed by atoms with Crippen molar-refractivity contribution in [3.8, 4) is 0 Å². The molecule has 8 rings (SSSR count). The third kappa shape index (κ3) is 8.94. The molecule has 0 N–H and O–H groups in total. The number of fused-ring (bicyclic) bond motifs is 4. The van der Waals surface area contributed by atoms with E-state index in [0.29, 0.717) is 0 Å². The van der Waals surface area contributed by atoms with Gasteiger partial charge in [-0.05, 0) is 32.4 Å². The van der Waals surface area contributed by atoms with Gasteiger partial charge in [0.15, 0.2) is 0 Å². The molecule has 0 amide bonds. The van der Waals surface area contributed by atoms with Gasteiger partial charge in [-0.2, -0.15) is 0 Å². The summed E-state index contributed by atoms with van der Waals surface area (Å²) in [6, 6.07) is 40.8. The van der Waals surface area contributed by atoms with Crippen LogP contribution in [0.2, 0.25) is 0 Å². The Labute approximate surface area is 351 Å². The summed E-state index contributed by atoms with van der Waals surface area (Å²) < 4.78 is 0. The van der Waals surface area contributed by atoms with Crippen LogP contribution in [0, 0.1) is 12.2 Å². The van der Waals surface area contributed by atoms with Crippen molar-refractivity contribution in [2.75, 3.05) is 0 Å². The maximum atomic E-state index is 3.72. The molecule has 0 nitrogen and oxygen atoms in total. The zero-order chi connectivity index (χ0) is 38.8. The molecule has 0 radical (unpaired) electrons. The first kappa shape index (κ1) is 40.8. The quantitative estimate of drug-likeness (QED) is 0.120. The van der Waals surface area contributed by atoms with E-state index in [1.807, 2.05) is 0 Å². The topological polar surface area (TPSA) is 0 Å². The fourth-order valence-electron chi connectivity index (χ4n) is 7.58. The minimum Gasteiger partial charge on any atom is -0.145 e. The van der Waals surface area contributed by atoms with Gasteiger partial charge in [0.1, 0.15) is 0 Å². The molecule has 0 atom stereocenters. The van der Waals surface area contributed by atoms with Crippen LogP contribution in [0.3, 0.4) is 0 Å². The minimum absolute atomic E-state index is 0. The van der Waals surface area contributed by atoms with Crippen LogP contribution < -0.4 is 0 Å². The smallest absolute Gasteiger partial charge is 0.145 e. The molecule has 6 aromatic carbocycles. The van der Waals surface area contributed by atoms with Crippen LogP contribution >= 0.6 is 0 Å². The van der Waals surface area contributed by atoms with E-state index in [1.165, 1.54) is 88.3 Å². The molecular formula is C54H58Hf+2. The Balaban J connectivity index is 0.000000184. The summed E-state index contributed by atoms with van der Waals surface area (Å²) in [5.41, 5.74) is 16.7. The van der Waals surface area contributed by atoms with Crippen molar-refractivity contribution in [3.63, 3.8) is 0 Å². The predicted molar refractivity (Wildman–Crippen MR) is 234 cm³/mol. The van der Waals surface area contributed by atoms with Gasteiger partial charge in [-0.1, -0.05) is 237 Å². The van der Waals surface area contributed by atoms with Crippen LogP contribution in [0.25, 0.3) is 32.7 Å². The van der Waals surface area contributed by atoms with Gasteiger partial charge in [-0.25, -0.2) is 0 Å². The van der Waals surface area contributed by atoms with Crippen LogP contribution in [0.1, 0.15) is 139 Å². The van der Waals surface area contributed by atoms with Gasteiger partial charge in [-0.3, -0.25) is 0 Å². The SMILES string of the molecule is CC(C)(C)c1cc(C2=[C-]c3cc4ccccc4cc3C2)cc(C(C)(C)C)c1.CC(C)(C)c1cc(C2=[C-]c3cc4ccccc4cc3C2)cc(C(C)(C)C)c1.[Hf+4]. The molecule has 1 heteroatoms. The minimum atomic E-state index is 0. The van der Waals surface area contributed by atoms with E-state index in [4.69, 9.17) is 0 Å². The average Bonchev–Trinajstić information content (AvgIpc) is 3.71. The van der Waals surface area contributed by atoms with Crippen LogP contribution in [-0.2, 0) is 60.3 Å². The molecule has 55 heavy (non-hydrogen) atoms. The number of benzene rings is 6. The Bertz CT molecular complexity index is 2220. The summed E-state index contributed by atoms with van der Waals surface area (Å²) >= 11 is 0. The normalized spacial score (nSPS) is 14.1. The summed E-state index contributed by atoms with van der Waals surface area (Å²) in [5, 5.41) is 5.23. The molecule has 0 aromatic heterocycles. The molecule has 0 spiro atoms. The molecular weight excluding hydrogens is 827 g/mol. The Morgan fingerprint density at radius 3 is 0.909 bits per heavy atom. The van der Waals surface area contributed by atoms with Crippen LogP contribution in [0.4, 0.5) is 0 Å². The number of rotatable bonds is 2. The average molecular weight is 886 g/mol. The van der Waals surface area contributed by atoms with E-state index in [0.717, 1.165) is 12.8 Å². The van der Waals surface area contributed by atoms with E-state index in [-0.39, 0.29) is 47.5 Å². The maximum absolute atomic E-state index is 3.72. The summed E-state index contributed by atoms with van der Waals surface area (Å²) in [7, 11) is 0. The first-order valence-electron chi connectivity index (χ1n) is 19.8. The van der Waals surface area contributed by atoms with Gasteiger partial charge in [0.25, 0.3) is 0 Å². The third-order valence-electron chi connectivity index (χ3n) is 11.3. The zero-order valence-corrected chi connectivity index (χ0v) is 38.9. The number of hydrogen-bond donors (Lipinski definition) is 0. The van der Waals surface area contributed by atoms with Crippen LogP contribution in [0.5, 0.6) is 0 Å². The summed E-state index contributed by atoms with van der Waals surface area (Å²) in [6.07, 6.45) is 9.37. The van der Waals surface area contributed by atoms with Gasteiger partial charge >= 0.3 is 25.8 Å². The second kappa shape index (κ2) is 14.9. The summed E-state index contributed by atoms with van der Waals surface area (Å²) in [5.74, 6) is 0.